The Morgan fingerprint density at radius 3 is 2.95 bits per heavy atom. The van der Waals surface area contributed by atoms with Crippen LogP contribution < -0.4 is 14.8 Å². The predicted octanol–water partition coefficient (Wildman–Crippen LogP) is 3.77. The maximum atomic E-state index is 13.9. The fourth-order valence-corrected chi connectivity index (χ4v) is 2.53. The lowest BCUT2D eigenvalue weighted by Gasteiger charge is -2.21. The summed E-state index contributed by atoms with van der Waals surface area (Å²) in [6.45, 7) is 1.15. The molecule has 0 aliphatic carbocycles. The van der Waals surface area contributed by atoms with E-state index in [1.807, 2.05) is 12.1 Å². The number of anilines is 1. The summed E-state index contributed by atoms with van der Waals surface area (Å²) < 4.78 is 24.7. The van der Waals surface area contributed by atoms with Crippen LogP contribution >= 0.6 is 0 Å². The minimum absolute atomic E-state index is 0.202. The number of nitrogens with one attached hydrogen (secondary N) is 1. The molecule has 3 nitrogen and oxygen atoms in total. The van der Waals surface area contributed by atoms with Gasteiger partial charge in [0.15, 0.2) is 0 Å². The van der Waals surface area contributed by atoms with Crippen molar-refractivity contribution in [3.05, 3.63) is 53.3 Å². The summed E-state index contributed by atoms with van der Waals surface area (Å²) in [6, 6.07) is 10.8. The van der Waals surface area contributed by atoms with Crippen molar-refractivity contribution in [2.75, 3.05) is 19.0 Å². The summed E-state index contributed by atoms with van der Waals surface area (Å²) in [7, 11) is 1.52. The molecule has 0 aromatic heterocycles. The van der Waals surface area contributed by atoms with Gasteiger partial charge in [-0.3, -0.25) is 0 Å². The van der Waals surface area contributed by atoms with E-state index < -0.39 is 0 Å². The highest BCUT2D eigenvalue weighted by molar-refractivity contribution is 5.63. The molecule has 4 heteroatoms. The van der Waals surface area contributed by atoms with Gasteiger partial charge in [0.05, 0.1) is 12.8 Å². The summed E-state index contributed by atoms with van der Waals surface area (Å²) in [5.74, 6) is 0.976. The molecule has 0 amide bonds. The summed E-state index contributed by atoms with van der Waals surface area (Å²) in [4.78, 5) is 0. The number of aryl methyl sites for hydroxylation is 1. The van der Waals surface area contributed by atoms with Crippen molar-refractivity contribution < 1.29 is 13.9 Å². The van der Waals surface area contributed by atoms with Crippen LogP contribution in [0, 0.1) is 5.82 Å². The van der Waals surface area contributed by atoms with Gasteiger partial charge >= 0.3 is 0 Å². The van der Waals surface area contributed by atoms with Crippen LogP contribution in [0.1, 0.15) is 17.5 Å². The number of para-hydroxylation sites is 1. The summed E-state index contributed by atoms with van der Waals surface area (Å²) in [5.41, 5.74) is 2.82. The second-order valence-corrected chi connectivity index (χ2v) is 5.07. The third-order valence-corrected chi connectivity index (χ3v) is 3.68. The van der Waals surface area contributed by atoms with E-state index in [1.165, 1.54) is 18.7 Å². The molecule has 3 rings (SSSR count). The van der Waals surface area contributed by atoms with Gasteiger partial charge in [-0.1, -0.05) is 12.1 Å². The topological polar surface area (TPSA) is 30.5 Å². The van der Waals surface area contributed by atoms with Crippen LogP contribution in [0.3, 0.4) is 0 Å². The van der Waals surface area contributed by atoms with Gasteiger partial charge < -0.3 is 14.8 Å². The summed E-state index contributed by atoms with van der Waals surface area (Å²) in [5, 5.41) is 3.36. The smallest absolute Gasteiger partial charge is 0.143 e. The molecule has 110 valence electrons. The second-order valence-electron chi connectivity index (χ2n) is 5.07. The first kappa shape index (κ1) is 13.7. The van der Waals surface area contributed by atoms with Gasteiger partial charge in [0.25, 0.3) is 0 Å². The Bertz CT molecular complexity index is 643. The monoisotopic (exact) mass is 287 g/mol. The Morgan fingerprint density at radius 2 is 2.14 bits per heavy atom. The largest absolute Gasteiger partial charge is 0.497 e. The van der Waals surface area contributed by atoms with E-state index in [0.717, 1.165) is 30.8 Å². The zero-order valence-electron chi connectivity index (χ0n) is 12.0. The summed E-state index contributed by atoms with van der Waals surface area (Å²) >= 11 is 0. The first-order valence-electron chi connectivity index (χ1n) is 7.09. The fraction of sp³-hybridized carbons (Fsp3) is 0.294. The molecule has 21 heavy (non-hydrogen) atoms. The molecule has 0 fully saturated rings. The molecule has 0 unspecified atom stereocenters. The van der Waals surface area contributed by atoms with Crippen LogP contribution in [0.5, 0.6) is 11.5 Å². The van der Waals surface area contributed by atoms with Crippen LogP contribution in [-0.2, 0) is 13.0 Å². The number of methoxy groups -OCH3 is 1. The minimum atomic E-state index is -0.313. The average molecular weight is 287 g/mol. The van der Waals surface area contributed by atoms with Crippen LogP contribution in [0.15, 0.2) is 36.4 Å². The van der Waals surface area contributed by atoms with Crippen molar-refractivity contribution in [1.82, 2.24) is 0 Å². The van der Waals surface area contributed by atoms with Crippen molar-refractivity contribution in [1.29, 1.82) is 0 Å². The normalized spacial score (nSPS) is 13.2. The SMILES string of the molecule is COc1ccc(COc2cccc3c2NCCC3)c(F)c1. The zero-order chi connectivity index (χ0) is 14.7. The molecule has 1 heterocycles. The van der Waals surface area contributed by atoms with Crippen LogP contribution in [0.4, 0.5) is 10.1 Å². The van der Waals surface area contributed by atoms with E-state index in [9.17, 15) is 4.39 Å². The molecule has 0 atom stereocenters. The van der Waals surface area contributed by atoms with Crippen LogP contribution in [-0.4, -0.2) is 13.7 Å². The third-order valence-electron chi connectivity index (χ3n) is 3.68. The number of benzene rings is 2. The van der Waals surface area contributed by atoms with E-state index in [1.54, 1.807) is 12.1 Å². The van der Waals surface area contributed by atoms with E-state index in [-0.39, 0.29) is 12.4 Å². The van der Waals surface area contributed by atoms with Gasteiger partial charge in [0.1, 0.15) is 23.9 Å². The molecule has 1 aliphatic rings. The molecule has 0 saturated carbocycles. The van der Waals surface area contributed by atoms with E-state index in [2.05, 4.69) is 11.4 Å². The maximum Gasteiger partial charge on any atom is 0.143 e. The van der Waals surface area contributed by atoms with E-state index in [0.29, 0.717) is 11.3 Å². The Kier molecular flexibility index (Phi) is 3.95. The molecule has 0 spiro atoms. The quantitative estimate of drug-likeness (QED) is 0.928. The predicted molar refractivity (Wildman–Crippen MR) is 80.5 cm³/mol. The van der Waals surface area contributed by atoms with Crippen molar-refractivity contribution in [3.63, 3.8) is 0 Å². The lowest BCUT2D eigenvalue weighted by molar-refractivity contribution is 0.300. The van der Waals surface area contributed by atoms with Gasteiger partial charge in [-0.25, -0.2) is 4.39 Å². The minimum Gasteiger partial charge on any atom is -0.497 e. The fourth-order valence-electron chi connectivity index (χ4n) is 2.53. The number of ether oxygens (including phenoxy) is 2. The first-order valence-corrected chi connectivity index (χ1v) is 7.09. The first-order chi connectivity index (χ1) is 10.3. The second kappa shape index (κ2) is 6.04. The van der Waals surface area contributed by atoms with Gasteiger partial charge in [0.2, 0.25) is 0 Å². The maximum absolute atomic E-state index is 13.9. The lowest BCUT2D eigenvalue weighted by Crippen LogP contribution is -2.13. The van der Waals surface area contributed by atoms with Crippen molar-refractivity contribution in [2.45, 2.75) is 19.4 Å². The highest BCUT2D eigenvalue weighted by atomic mass is 19.1. The Balaban J connectivity index is 1.76. The van der Waals surface area contributed by atoms with Gasteiger partial charge in [-0.2, -0.15) is 0 Å². The van der Waals surface area contributed by atoms with Gasteiger partial charge in [-0.15, -0.1) is 0 Å². The van der Waals surface area contributed by atoms with Crippen molar-refractivity contribution >= 4 is 5.69 Å². The number of rotatable bonds is 4. The van der Waals surface area contributed by atoms with E-state index in [4.69, 9.17) is 9.47 Å². The standard InChI is InChI=1S/C17H18FNO2/c1-20-14-8-7-13(15(18)10-14)11-21-16-6-2-4-12-5-3-9-19-17(12)16/h2,4,6-8,10,19H,3,5,9,11H2,1H3. The highest BCUT2D eigenvalue weighted by Crippen LogP contribution is 2.32. The van der Waals surface area contributed by atoms with Crippen molar-refractivity contribution in [2.24, 2.45) is 0 Å². The molecule has 0 bridgehead atoms. The Morgan fingerprint density at radius 1 is 1.24 bits per heavy atom. The molecule has 0 saturated heterocycles. The van der Waals surface area contributed by atoms with Crippen LogP contribution in [0.2, 0.25) is 0 Å². The number of hydrogen-bond acceptors (Lipinski definition) is 3. The van der Waals surface area contributed by atoms with Gasteiger partial charge in [0, 0.05) is 18.2 Å². The molecule has 2 aromatic rings. The Hall–Kier alpha value is -2.23. The highest BCUT2D eigenvalue weighted by Gasteiger charge is 2.14. The third kappa shape index (κ3) is 2.94. The number of hydrogen-bond donors (Lipinski definition) is 1. The van der Waals surface area contributed by atoms with Gasteiger partial charge in [-0.05, 0) is 36.6 Å². The number of fused-ring (bicyclic) bond motifs is 1. The molecule has 1 N–H and O–H groups in total. The van der Waals surface area contributed by atoms with E-state index >= 15 is 0 Å². The molecular weight excluding hydrogens is 269 g/mol. The summed E-state index contributed by atoms with van der Waals surface area (Å²) in [6.07, 6.45) is 2.18. The lowest BCUT2D eigenvalue weighted by atomic mass is 10.0. The molecule has 1 aliphatic heterocycles. The van der Waals surface area contributed by atoms with Crippen LogP contribution in [0.25, 0.3) is 0 Å². The molecule has 2 aromatic carbocycles. The molecular formula is C17H18FNO2. The zero-order valence-corrected chi connectivity index (χ0v) is 12.0. The van der Waals surface area contributed by atoms with Crippen molar-refractivity contribution in [3.8, 4) is 11.5 Å². The molecule has 0 radical (unpaired) electrons. The Labute approximate surface area is 123 Å². The number of halogens is 1. The average Bonchev–Trinajstić information content (AvgIpc) is 2.53.